The summed E-state index contributed by atoms with van der Waals surface area (Å²) in [5, 5.41) is 12.3. The molecule has 1 aromatic rings. The summed E-state index contributed by atoms with van der Waals surface area (Å²) in [6.07, 6.45) is 0. The standard InChI is InChI=1S/C9H7F4NO/c10-5-1-4(9(15)2-14-3-9)6(11)8(13)7(5)12/h1,14-15H,2-3H2. The maximum Gasteiger partial charge on any atom is 0.197 e. The van der Waals surface area contributed by atoms with Gasteiger partial charge in [-0.25, -0.2) is 17.6 Å². The Morgan fingerprint density at radius 2 is 1.67 bits per heavy atom. The minimum Gasteiger partial charge on any atom is -0.382 e. The third-order valence-corrected chi connectivity index (χ3v) is 2.44. The lowest BCUT2D eigenvalue weighted by Gasteiger charge is -2.38. The zero-order valence-electron chi connectivity index (χ0n) is 7.45. The molecule has 2 N–H and O–H groups in total. The molecule has 1 saturated heterocycles. The number of benzene rings is 1. The van der Waals surface area contributed by atoms with Crippen molar-refractivity contribution in [3.05, 3.63) is 34.9 Å². The highest BCUT2D eigenvalue weighted by molar-refractivity contribution is 5.30. The van der Waals surface area contributed by atoms with Crippen molar-refractivity contribution in [3.8, 4) is 0 Å². The number of β-amino-alcohol motifs (C(OH)–C–C–N with tert-alkyl or cyclic N) is 1. The first-order chi connectivity index (χ1) is 6.96. The van der Waals surface area contributed by atoms with E-state index in [9.17, 15) is 22.7 Å². The van der Waals surface area contributed by atoms with Gasteiger partial charge in [-0.3, -0.25) is 0 Å². The number of hydrogen-bond donors (Lipinski definition) is 2. The van der Waals surface area contributed by atoms with Gasteiger partial charge < -0.3 is 10.4 Å². The van der Waals surface area contributed by atoms with Crippen LogP contribution in [0.3, 0.4) is 0 Å². The second kappa shape index (κ2) is 3.18. The van der Waals surface area contributed by atoms with E-state index >= 15 is 0 Å². The number of rotatable bonds is 1. The van der Waals surface area contributed by atoms with Crippen LogP contribution in [-0.2, 0) is 5.60 Å². The number of hydrogen-bond acceptors (Lipinski definition) is 2. The first-order valence-electron chi connectivity index (χ1n) is 4.22. The number of nitrogens with one attached hydrogen (secondary N) is 1. The van der Waals surface area contributed by atoms with Crippen LogP contribution in [0.25, 0.3) is 0 Å². The quantitative estimate of drug-likeness (QED) is 0.422. The molecule has 0 amide bonds. The lowest BCUT2D eigenvalue weighted by molar-refractivity contribution is -0.0186. The highest BCUT2D eigenvalue weighted by Gasteiger charge is 2.40. The molecule has 15 heavy (non-hydrogen) atoms. The van der Waals surface area contributed by atoms with E-state index in [2.05, 4.69) is 5.32 Å². The lowest BCUT2D eigenvalue weighted by Crippen LogP contribution is -2.57. The average Bonchev–Trinajstić information content (AvgIpc) is 2.17. The van der Waals surface area contributed by atoms with Crippen LogP contribution in [0.5, 0.6) is 0 Å². The van der Waals surface area contributed by atoms with Crippen molar-refractivity contribution in [2.75, 3.05) is 13.1 Å². The van der Waals surface area contributed by atoms with Crippen LogP contribution in [0.1, 0.15) is 5.56 Å². The zero-order chi connectivity index (χ0) is 11.2. The molecule has 6 heteroatoms. The van der Waals surface area contributed by atoms with Crippen molar-refractivity contribution in [1.29, 1.82) is 0 Å². The topological polar surface area (TPSA) is 32.3 Å². The monoisotopic (exact) mass is 221 g/mol. The highest BCUT2D eigenvalue weighted by Crippen LogP contribution is 2.30. The molecule has 1 aliphatic rings. The van der Waals surface area contributed by atoms with Crippen LogP contribution in [0, 0.1) is 23.3 Å². The van der Waals surface area contributed by atoms with Gasteiger partial charge in [0.25, 0.3) is 0 Å². The Morgan fingerprint density at radius 1 is 1.07 bits per heavy atom. The molecule has 82 valence electrons. The van der Waals surface area contributed by atoms with Gasteiger partial charge in [-0.05, 0) is 6.07 Å². The molecule has 0 unspecified atom stereocenters. The summed E-state index contributed by atoms with van der Waals surface area (Å²) in [5.41, 5.74) is -2.21. The third-order valence-electron chi connectivity index (χ3n) is 2.44. The van der Waals surface area contributed by atoms with Gasteiger partial charge in [0.05, 0.1) is 0 Å². The number of aliphatic hydroxyl groups is 1. The molecule has 0 aliphatic carbocycles. The molecule has 1 aromatic carbocycles. The maximum atomic E-state index is 13.2. The van der Waals surface area contributed by atoms with Gasteiger partial charge in [0, 0.05) is 18.7 Å². The van der Waals surface area contributed by atoms with E-state index in [0.29, 0.717) is 6.07 Å². The average molecular weight is 221 g/mol. The third kappa shape index (κ3) is 1.40. The fourth-order valence-corrected chi connectivity index (χ4v) is 1.46. The Bertz CT molecular complexity index is 417. The summed E-state index contributed by atoms with van der Waals surface area (Å²) < 4.78 is 51.4. The van der Waals surface area contributed by atoms with Crippen LogP contribution < -0.4 is 5.32 Å². The molecule has 0 atom stereocenters. The summed E-state index contributed by atoms with van der Waals surface area (Å²) in [6, 6.07) is 0.481. The van der Waals surface area contributed by atoms with E-state index in [1.54, 1.807) is 0 Å². The lowest BCUT2D eigenvalue weighted by atomic mass is 9.87. The van der Waals surface area contributed by atoms with Gasteiger partial charge in [0.1, 0.15) is 5.60 Å². The van der Waals surface area contributed by atoms with Gasteiger partial charge in [-0.2, -0.15) is 0 Å². The van der Waals surface area contributed by atoms with Crippen molar-refractivity contribution in [1.82, 2.24) is 5.32 Å². The second-order valence-corrected chi connectivity index (χ2v) is 3.48. The molecule has 2 nitrogen and oxygen atoms in total. The van der Waals surface area contributed by atoms with E-state index in [1.807, 2.05) is 0 Å². The molecule has 1 aliphatic heterocycles. The minimum absolute atomic E-state index is 0.0194. The van der Waals surface area contributed by atoms with Crippen molar-refractivity contribution in [3.63, 3.8) is 0 Å². The molecular weight excluding hydrogens is 214 g/mol. The molecule has 0 spiro atoms. The van der Waals surface area contributed by atoms with Gasteiger partial charge in [-0.1, -0.05) is 0 Å². The fraction of sp³-hybridized carbons (Fsp3) is 0.333. The summed E-state index contributed by atoms with van der Waals surface area (Å²) in [7, 11) is 0. The molecule has 0 aromatic heterocycles. The molecule has 1 heterocycles. The molecule has 0 saturated carbocycles. The van der Waals surface area contributed by atoms with E-state index in [-0.39, 0.29) is 13.1 Å². The Morgan fingerprint density at radius 3 is 2.13 bits per heavy atom. The normalized spacial score (nSPS) is 18.7. The zero-order valence-corrected chi connectivity index (χ0v) is 7.45. The van der Waals surface area contributed by atoms with Crippen molar-refractivity contribution < 1.29 is 22.7 Å². The van der Waals surface area contributed by atoms with Crippen molar-refractivity contribution in [2.45, 2.75) is 5.60 Å². The van der Waals surface area contributed by atoms with E-state index in [4.69, 9.17) is 0 Å². The van der Waals surface area contributed by atoms with E-state index in [0.717, 1.165) is 0 Å². The predicted octanol–water partition coefficient (Wildman–Crippen LogP) is 1.03. The number of halogens is 4. The minimum atomic E-state index is -1.90. The van der Waals surface area contributed by atoms with E-state index < -0.39 is 34.4 Å². The van der Waals surface area contributed by atoms with Crippen molar-refractivity contribution >= 4 is 0 Å². The van der Waals surface area contributed by atoms with Crippen LogP contribution in [0.15, 0.2) is 6.07 Å². The predicted molar refractivity (Wildman–Crippen MR) is 43.0 cm³/mol. The molecule has 1 fully saturated rings. The summed E-state index contributed by atoms with van der Waals surface area (Å²) >= 11 is 0. The van der Waals surface area contributed by atoms with Crippen LogP contribution in [-0.4, -0.2) is 18.2 Å². The summed E-state index contributed by atoms with van der Waals surface area (Å²) in [5.74, 6) is -6.82. The van der Waals surface area contributed by atoms with Gasteiger partial charge in [0.15, 0.2) is 23.3 Å². The Labute approximate surface area is 82.5 Å². The SMILES string of the molecule is OC1(c2cc(F)c(F)c(F)c2F)CNC1. The molecule has 2 rings (SSSR count). The first-order valence-corrected chi connectivity index (χ1v) is 4.22. The fourth-order valence-electron chi connectivity index (χ4n) is 1.46. The van der Waals surface area contributed by atoms with Crippen LogP contribution in [0.2, 0.25) is 0 Å². The largest absolute Gasteiger partial charge is 0.382 e. The second-order valence-electron chi connectivity index (χ2n) is 3.48. The highest BCUT2D eigenvalue weighted by atomic mass is 19.2. The van der Waals surface area contributed by atoms with Gasteiger partial charge in [-0.15, -0.1) is 0 Å². The van der Waals surface area contributed by atoms with Crippen LogP contribution in [0.4, 0.5) is 17.6 Å². The Hall–Kier alpha value is -1.14. The maximum absolute atomic E-state index is 13.2. The first kappa shape index (κ1) is 10.4. The van der Waals surface area contributed by atoms with Crippen LogP contribution >= 0.6 is 0 Å². The Kier molecular flexibility index (Phi) is 2.20. The van der Waals surface area contributed by atoms with Gasteiger partial charge >= 0.3 is 0 Å². The smallest absolute Gasteiger partial charge is 0.197 e. The summed E-state index contributed by atoms with van der Waals surface area (Å²) in [6.45, 7) is -0.0388. The van der Waals surface area contributed by atoms with Gasteiger partial charge in [0.2, 0.25) is 0 Å². The summed E-state index contributed by atoms with van der Waals surface area (Å²) in [4.78, 5) is 0. The van der Waals surface area contributed by atoms with E-state index in [1.165, 1.54) is 0 Å². The molecular formula is C9H7F4NO. The molecule has 0 bridgehead atoms. The molecule has 0 radical (unpaired) electrons. The van der Waals surface area contributed by atoms with Crippen molar-refractivity contribution in [2.24, 2.45) is 0 Å². The Balaban J connectivity index is 2.58.